The van der Waals surface area contributed by atoms with Gasteiger partial charge in [-0.15, -0.1) is 0 Å². The summed E-state index contributed by atoms with van der Waals surface area (Å²) in [4.78, 5) is 12.0. The van der Waals surface area contributed by atoms with Gasteiger partial charge in [0.05, 0.1) is 0 Å². The predicted octanol–water partition coefficient (Wildman–Crippen LogP) is 2.64. The van der Waals surface area contributed by atoms with Crippen molar-refractivity contribution in [2.45, 2.75) is 39.2 Å². The Kier molecular flexibility index (Phi) is 4.03. The monoisotopic (exact) mass is 283 g/mol. The van der Waals surface area contributed by atoms with Gasteiger partial charge < -0.3 is 0 Å². The van der Waals surface area contributed by atoms with Gasteiger partial charge in [0.25, 0.3) is 0 Å². The molecule has 0 radical (unpaired) electrons. The number of hydrogen-bond acceptors (Lipinski definition) is 1. The number of aryl methyl sites for hydroxylation is 1. The molecule has 1 heterocycles. The van der Waals surface area contributed by atoms with E-state index >= 15 is 0 Å². The van der Waals surface area contributed by atoms with Gasteiger partial charge in [0.1, 0.15) is 0 Å². The van der Waals surface area contributed by atoms with Crippen molar-refractivity contribution in [2.24, 2.45) is 0 Å². The van der Waals surface area contributed by atoms with E-state index in [1.165, 1.54) is 23.5 Å². The average Bonchev–Trinajstić information content (AvgIpc) is 2.63. The normalized spacial score (nSPS) is 11.1. The van der Waals surface area contributed by atoms with E-state index in [-0.39, 0.29) is 20.3 Å². The molecule has 0 N–H and O–H groups in total. The molecule has 0 aliphatic heterocycles. The minimum atomic E-state index is 0.222. The van der Waals surface area contributed by atoms with Crippen LogP contribution < -0.4 is 5.56 Å². The summed E-state index contributed by atoms with van der Waals surface area (Å²) in [6.45, 7) is 3.15. The Morgan fingerprint density at radius 1 is 1.19 bits per heavy atom. The molecule has 0 bridgehead atoms. The van der Waals surface area contributed by atoms with Gasteiger partial charge in [0, 0.05) is 0 Å². The van der Waals surface area contributed by atoms with E-state index in [0.717, 1.165) is 18.4 Å². The summed E-state index contributed by atoms with van der Waals surface area (Å²) in [7, 11) is 0. The molecule has 3 heteroatoms. The second kappa shape index (κ2) is 5.51. The van der Waals surface area contributed by atoms with Crippen molar-refractivity contribution in [3.05, 3.63) is 34.6 Å². The molecule has 16 heavy (non-hydrogen) atoms. The maximum absolute atomic E-state index is 12.0. The van der Waals surface area contributed by atoms with Gasteiger partial charge in [-0.3, -0.25) is 0 Å². The van der Waals surface area contributed by atoms with Crippen LogP contribution in [0.5, 0.6) is 0 Å². The predicted molar refractivity (Wildman–Crippen MR) is 69.3 cm³/mol. The number of rotatable bonds is 5. The standard InChI is InChI=1S/C13H17NOSe/c1-2-3-4-7-10-14-13(15)11-8-5-6-9-12(11)16-14/h5-6,8-9H,2-4,7,10H2,1H3. The van der Waals surface area contributed by atoms with Crippen molar-refractivity contribution in [1.82, 2.24) is 3.56 Å². The van der Waals surface area contributed by atoms with Crippen molar-refractivity contribution < 1.29 is 0 Å². The summed E-state index contributed by atoms with van der Waals surface area (Å²) in [6.07, 6.45) is 4.92. The van der Waals surface area contributed by atoms with Gasteiger partial charge in [-0.25, -0.2) is 0 Å². The van der Waals surface area contributed by atoms with E-state index in [1.54, 1.807) is 0 Å². The average molecular weight is 282 g/mol. The van der Waals surface area contributed by atoms with Crippen LogP contribution in [0.25, 0.3) is 9.65 Å². The third-order valence-electron chi connectivity index (χ3n) is 2.77. The van der Waals surface area contributed by atoms with Crippen LogP contribution in [0.4, 0.5) is 0 Å². The SMILES string of the molecule is CCCCCCn1[se]c2ccccc2c1=O. The second-order valence-electron chi connectivity index (χ2n) is 4.06. The summed E-state index contributed by atoms with van der Waals surface area (Å²) in [5, 5.41) is 0.929. The van der Waals surface area contributed by atoms with Crippen LogP contribution in [0.1, 0.15) is 32.6 Å². The number of nitrogens with zero attached hydrogens (tertiary/aromatic N) is 1. The summed E-state index contributed by atoms with van der Waals surface area (Å²) < 4.78 is 3.28. The van der Waals surface area contributed by atoms with E-state index in [0.29, 0.717) is 0 Å². The van der Waals surface area contributed by atoms with Crippen molar-refractivity contribution in [3.63, 3.8) is 0 Å². The van der Waals surface area contributed by atoms with Crippen molar-refractivity contribution in [1.29, 1.82) is 0 Å². The Balaban J connectivity index is 2.13. The van der Waals surface area contributed by atoms with E-state index in [9.17, 15) is 4.79 Å². The van der Waals surface area contributed by atoms with Gasteiger partial charge >= 0.3 is 102 Å². The molecule has 86 valence electrons. The first-order valence-corrected chi connectivity index (χ1v) is 7.54. The molecule has 0 unspecified atom stereocenters. The molecule has 0 fully saturated rings. The zero-order chi connectivity index (χ0) is 11.4. The Hall–Kier alpha value is -0.791. The summed E-state index contributed by atoms with van der Waals surface area (Å²) in [5.41, 5.74) is 0.243. The Morgan fingerprint density at radius 3 is 2.75 bits per heavy atom. The van der Waals surface area contributed by atoms with E-state index in [1.807, 2.05) is 21.8 Å². The van der Waals surface area contributed by atoms with Crippen LogP contribution in [0, 0.1) is 0 Å². The van der Waals surface area contributed by atoms with Crippen molar-refractivity contribution in [2.75, 3.05) is 0 Å². The molecule has 2 aromatic rings. The molecule has 2 nitrogen and oxygen atoms in total. The first kappa shape index (κ1) is 11.7. The first-order chi connectivity index (χ1) is 7.83. The number of unbranched alkanes of at least 4 members (excludes halogenated alkanes) is 3. The fourth-order valence-electron chi connectivity index (χ4n) is 1.85. The zero-order valence-electron chi connectivity index (χ0n) is 9.61. The van der Waals surface area contributed by atoms with Crippen LogP contribution in [-0.2, 0) is 6.54 Å². The van der Waals surface area contributed by atoms with Crippen molar-refractivity contribution in [3.8, 4) is 0 Å². The van der Waals surface area contributed by atoms with Gasteiger partial charge in [-0.2, -0.15) is 0 Å². The molecule has 0 spiro atoms. The molecule has 0 aliphatic rings. The number of aromatic nitrogens is 1. The molecular formula is C13H17NOSe. The fraction of sp³-hybridized carbons (Fsp3) is 0.462. The Morgan fingerprint density at radius 2 is 2.00 bits per heavy atom. The van der Waals surface area contributed by atoms with Gasteiger partial charge in [-0.1, -0.05) is 0 Å². The molecule has 0 saturated carbocycles. The summed E-state index contributed by atoms with van der Waals surface area (Å²) >= 11 is 0.222. The van der Waals surface area contributed by atoms with Crippen LogP contribution in [0.15, 0.2) is 29.1 Å². The molecule has 1 aromatic carbocycles. The molecule has 0 aliphatic carbocycles. The number of fused-ring (bicyclic) bond motifs is 1. The quantitative estimate of drug-likeness (QED) is 0.610. The Bertz CT molecular complexity index is 512. The molecule has 2 rings (SSSR count). The van der Waals surface area contributed by atoms with Gasteiger partial charge in [0.15, 0.2) is 0 Å². The van der Waals surface area contributed by atoms with Crippen LogP contribution in [-0.4, -0.2) is 18.3 Å². The number of hydrogen-bond donors (Lipinski definition) is 0. The van der Waals surface area contributed by atoms with Crippen molar-refractivity contribution >= 4 is 24.4 Å². The number of benzene rings is 1. The topological polar surface area (TPSA) is 22.0 Å². The summed E-state index contributed by atoms with van der Waals surface area (Å²) in [6, 6.07) is 8.01. The molecule has 0 amide bonds. The van der Waals surface area contributed by atoms with E-state index in [4.69, 9.17) is 0 Å². The third-order valence-corrected chi connectivity index (χ3v) is 5.12. The molecule has 1 aromatic heterocycles. The zero-order valence-corrected chi connectivity index (χ0v) is 11.3. The maximum atomic E-state index is 12.0. The van der Waals surface area contributed by atoms with Crippen LogP contribution in [0.3, 0.4) is 0 Å². The minimum absolute atomic E-state index is 0.222. The van der Waals surface area contributed by atoms with E-state index in [2.05, 4.69) is 13.0 Å². The fourth-order valence-corrected chi connectivity index (χ4v) is 4.01. The summed E-state index contributed by atoms with van der Waals surface area (Å²) in [5.74, 6) is 0. The second-order valence-corrected chi connectivity index (χ2v) is 6.29. The molecular weight excluding hydrogens is 265 g/mol. The van der Waals surface area contributed by atoms with E-state index < -0.39 is 0 Å². The van der Waals surface area contributed by atoms with Crippen LogP contribution >= 0.6 is 0 Å². The Labute approximate surface area is 102 Å². The third kappa shape index (κ3) is 2.47. The first-order valence-electron chi connectivity index (χ1n) is 5.92. The molecule has 0 atom stereocenters. The molecule has 0 saturated heterocycles. The van der Waals surface area contributed by atoms with Gasteiger partial charge in [-0.05, 0) is 0 Å². The van der Waals surface area contributed by atoms with Crippen LogP contribution in [0.2, 0.25) is 0 Å². The van der Waals surface area contributed by atoms with Gasteiger partial charge in [0.2, 0.25) is 0 Å².